The molecule has 2 aromatic heterocycles. The smallest absolute Gasteiger partial charge is 0.262 e. The molecule has 0 saturated heterocycles. The van der Waals surface area contributed by atoms with Crippen LogP contribution in [0.25, 0.3) is 0 Å². The molecule has 0 saturated carbocycles. The zero-order valence-electron chi connectivity index (χ0n) is 11.9. The first kappa shape index (κ1) is 15.9. The van der Waals surface area contributed by atoms with Gasteiger partial charge in [-0.15, -0.1) is 11.6 Å². The highest BCUT2D eigenvalue weighted by Gasteiger charge is 2.27. The summed E-state index contributed by atoms with van der Waals surface area (Å²) in [6.07, 6.45) is 2.22. The van der Waals surface area contributed by atoms with Gasteiger partial charge in [0, 0.05) is 43.2 Å². The summed E-state index contributed by atoms with van der Waals surface area (Å²) in [5.41, 5.74) is 2.03. The van der Waals surface area contributed by atoms with Crippen molar-refractivity contribution in [2.75, 3.05) is 13.6 Å². The lowest BCUT2D eigenvalue weighted by atomic mass is 10.3. The first-order chi connectivity index (χ1) is 9.96. The lowest BCUT2D eigenvalue weighted by molar-refractivity contribution is 0.467. The molecule has 0 aliphatic heterocycles. The van der Waals surface area contributed by atoms with Crippen LogP contribution in [-0.2, 0) is 22.3 Å². The molecule has 0 unspecified atom stereocenters. The van der Waals surface area contributed by atoms with Crippen molar-refractivity contribution < 1.29 is 8.42 Å². The van der Waals surface area contributed by atoms with Crippen LogP contribution in [0.3, 0.4) is 0 Å². The number of halogens is 1. The third kappa shape index (κ3) is 3.42. The lowest BCUT2D eigenvalue weighted by Gasteiger charge is -2.16. The number of aryl methyl sites for hydroxylation is 1. The molecule has 0 aliphatic carbocycles. The van der Waals surface area contributed by atoms with Crippen molar-refractivity contribution >= 4 is 21.6 Å². The minimum Gasteiger partial charge on any atom is -0.281 e. The summed E-state index contributed by atoms with van der Waals surface area (Å²) in [6, 6.07) is 5.56. The molecule has 21 heavy (non-hydrogen) atoms. The molecule has 0 bridgehead atoms. The predicted molar refractivity (Wildman–Crippen MR) is 80.6 cm³/mol. The topological polar surface area (TPSA) is 79.0 Å². The Hall–Kier alpha value is -1.44. The highest BCUT2D eigenvalue weighted by molar-refractivity contribution is 7.89. The first-order valence-corrected chi connectivity index (χ1v) is 8.40. The van der Waals surface area contributed by atoms with Gasteiger partial charge in [-0.1, -0.05) is 6.07 Å². The quantitative estimate of drug-likeness (QED) is 0.819. The van der Waals surface area contributed by atoms with E-state index in [2.05, 4.69) is 15.2 Å². The van der Waals surface area contributed by atoms with Gasteiger partial charge in [-0.05, 0) is 19.1 Å². The number of pyridine rings is 1. The summed E-state index contributed by atoms with van der Waals surface area (Å²) < 4.78 is 26.3. The molecule has 2 heterocycles. The van der Waals surface area contributed by atoms with Gasteiger partial charge < -0.3 is 0 Å². The Balaban J connectivity index is 2.15. The maximum Gasteiger partial charge on any atom is 0.262 e. The summed E-state index contributed by atoms with van der Waals surface area (Å²) in [6.45, 7) is 2.07. The van der Waals surface area contributed by atoms with Gasteiger partial charge in [0.1, 0.15) is 0 Å². The van der Waals surface area contributed by atoms with Crippen molar-refractivity contribution in [1.82, 2.24) is 19.5 Å². The lowest BCUT2D eigenvalue weighted by Crippen LogP contribution is -2.30. The molecule has 6 nitrogen and oxygen atoms in total. The van der Waals surface area contributed by atoms with Crippen molar-refractivity contribution in [1.29, 1.82) is 0 Å². The monoisotopic (exact) mass is 328 g/mol. The van der Waals surface area contributed by atoms with E-state index >= 15 is 0 Å². The van der Waals surface area contributed by atoms with E-state index in [0.29, 0.717) is 24.2 Å². The molecule has 0 aliphatic rings. The van der Waals surface area contributed by atoms with Crippen molar-refractivity contribution in [3.05, 3.63) is 41.3 Å². The molecule has 2 rings (SSSR count). The van der Waals surface area contributed by atoms with E-state index in [-0.39, 0.29) is 10.9 Å². The van der Waals surface area contributed by atoms with Crippen LogP contribution < -0.4 is 0 Å². The van der Waals surface area contributed by atoms with Crippen molar-refractivity contribution in [3.8, 4) is 0 Å². The van der Waals surface area contributed by atoms with E-state index in [1.165, 1.54) is 11.4 Å². The SMILES string of the molecule is Cc1[nH]nc(S(=O)(=O)N(C)CCc2ccccn2)c1CCl. The number of sulfonamides is 1. The number of rotatable bonds is 6. The van der Waals surface area contributed by atoms with Gasteiger partial charge in [0.15, 0.2) is 5.03 Å². The number of nitrogens with one attached hydrogen (secondary N) is 1. The summed E-state index contributed by atoms with van der Waals surface area (Å²) in [5.74, 6) is 0.102. The second kappa shape index (κ2) is 6.55. The average molecular weight is 329 g/mol. The number of aromatic amines is 1. The second-order valence-corrected chi connectivity index (χ2v) is 6.89. The Morgan fingerprint density at radius 2 is 2.14 bits per heavy atom. The Morgan fingerprint density at radius 3 is 2.76 bits per heavy atom. The molecule has 0 radical (unpaired) electrons. The van der Waals surface area contributed by atoms with Crippen LogP contribution in [0.4, 0.5) is 0 Å². The molecule has 1 N–H and O–H groups in total. The van der Waals surface area contributed by atoms with Gasteiger partial charge in [0.2, 0.25) is 0 Å². The van der Waals surface area contributed by atoms with Gasteiger partial charge >= 0.3 is 0 Å². The van der Waals surface area contributed by atoms with Gasteiger partial charge in [-0.25, -0.2) is 8.42 Å². The Bertz CT molecular complexity index is 700. The standard InChI is InChI=1S/C13H17ClN4O2S/c1-10-12(9-14)13(17-16-10)21(19,20)18(2)8-6-11-5-3-4-7-15-11/h3-5,7H,6,8-9H2,1-2H3,(H,16,17). The van der Waals surface area contributed by atoms with Gasteiger partial charge in [-0.2, -0.15) is 9.40 Å². The van der Waals surface area contributed by atoms with Crippen molar-refractivity contribution in [2.45, 2.75) is 24.3 Å². The molecule has 2 aromatic rings. The summed E-state index contributed by atoms with van der Waals surface area (Å²) in [4.78, 5) is 4.18. The van der Waals surface area contributed by atoms with E-state index in [4.69, 9.17) is 11.6 Å². The first-order valence-electron chi connectivity index (χ1n) is 6.43. The van der Waals surface area contributed by atoms with Crippen LogP contribution in [0, 0.1) is 6.92 Å². The summed E-state index contributed by atoms with van der Waals surface area (Å²) in [5, 5.41) is 6.55. The largest absolute Gasteiger partial charge is 0.281 e. The maximum atomic E-state index is 12.5. The maximum absolute atomic E-state index is 12.5. The Kier molecular flexibility index (Phi) is 4.97. The van der Waals surface area contributed by atoms with Crippen LogP contribution in [0.15, 0.2) is 29.4 Å². The molecular formula is C13H17ClN4O2S. The Labute approximate surface area is 129 Å². The predicted octanol–water partition coefficient (Wildman–Crippen LogP) is 1.72. The van der Waals surface area contributed by atoms with E-state index < -0.39 is 10.0 Å². The van der Waals surface area contributed by atoms with E-state index in [1.54, 1.807) is 13.1 Å². The second-order valence-electron chi connectivity index (χ2n) is 4.66. The fourth-order valence-corrected chi connectivity index (χ4v) is 3.62. The van der Waals surface area contributed by atoms with Gasteiger partial charge in [0.05, 0.1) is 5.88 Å². The van der Waals surface area contributed by atoms with Crippen LogP contribution in [0.1, 0.15) is 17.0 Å². The van der Waals surface area contributed by atoms with Crippen molar-refractivity contribution in [3.63, 3.8) is 0 Å². The Morgan fingerprint density at radius 1 is 1.38 bits per heavy atom. The number of alkyl halides is 1. The minimum absolute atomic E-state index is 0.00137. The molecule has 0 atom stereocenters. The number of H-pyrrole nitrogens is 1. The molecular weight excluding hydrogens is 312 g/mol. The number of nitrogens with zero attached hydrogens (tertiary/aromatic N) is 3. The average Bonchev–Trinajstić information content (AvgIpc) is 2.87. The highest BCUT2D eigenvalue weighted by Crippen LogP contribution is 2.21. The summed E-state index contributed by atoms with van der Waals surface area (Å²) in [7, 11) is -2.12. The van der Waals surface area contributed by atoms with Crippen LogP contribution in [0.5, 0.6) is 0 Å². The normalized spacial score (nSPS) is 12.0. The number of aromatic nitrogens is 3. The number of likely N-dealkylation sites (N-methyl/N-ethyl adjacent to an activating group) is 1. The zero-order valence-corrected chi connectivity index (χ0v) is 13.4. The number of hydrogen-bond acceptors (Lipinski definition) is 4. The van der Waals surface area contributed by atoms with Crippen molar-refractivity contribution in [2.24, 2.45) is 0 Å². The fraction of sp³-hybridized carbons (Fsp3) is 0.385. The van der Waals surface area contributed by atoms with Crippen LogP contribution in [-0.4, -0.2) is 41.5 Å². The molecule has 8 heteroatoms. The summed E-state index contributed by atoms with van der Waals surface area (Å²) >= 11 is 5.81. The highest BCUT2D eigenvalue weighted by atomic mass is 35.5. The molecule has 0 spiro atoms. The van der Waals surface area contributed by atoms with Crippen LogP contribution in [0.2, 0.25) is 0 Å². The van der Waals surface area contributed by atoms with Crippen LogP contribution >= 0.6 is 11.6 Å². The third-order valence-electron chi connectivity index (χ3n) is 3.23. The third-order valence-corrected chi connectivity index (χ3v) is 5.33. The van der Waals surface area contributed by atoms with Gasteiger partial charge in [-0.3, -0.25) is 10.1 Å². The molecule has 114 valence electrons. The zero-order chi connectivity index (χ0) is 15.5. The van der Waals surface area contributed by atoms with E-state index in [9.17, 15) is 8.42 Å². The molecule has 0 fully saturated rings. The van der Waals surface area contributed by atoms with E-state index in [0.717, 1.165) is 5.69 Å². The molecule has 0 aromatic carbocycles. The number of hydrogen-bond donors (Lipinski definition) is 1. The fourth-order valence-electron chi connectivity index (χ4n) is 1.89. The van der Waals surface area contributed by atoms with E-state index in [1.807, 2.05) is 18.2 Å². The molecule has 0 amide bonds. The minimum atomic E-state index is -3.65. The van der Waals surface area contributed by atoms with Gasteiger partial charge in [0.25, 0.3) is 10.0 Å².